The third-order valence-electron chi connectivity index (χ3n) is 2.98. The predicted molar refractivity (Wildman–Crippen MR) is 81.6 cm³/mol. The van der Waals surface area contributed by atoms with Crippen LogP contribution in [0.5, 0.6) is 0 Å². The minimum Gasteiger partial charge on any atom is -0.368 e. The summed E-state index contributed by atoms with van der Waals surface area (Å²) in [6.07, 6.45) is 0. The van der Waals surface area contributed by atoms with Crippen molar-refractivity contribution in [1.29, 1.82) is 0 Å². The van der Waals surface area contributed by atoms with Crippen molar-refractivity contribution in [2.75, 3.05) is 29.0 Å². The molecule has 0 saturated carbocycles. The molecule has 20 heavy (non-hydrogen) atoms. The van der Waals surface area contributed by atoms with E-state index in [2.05, 4.69) is 34.1 Å². The molecule has 0 aliphatic carbocycles. The highest BCUT2D eigenvalue weighted by atomic mass is 15.3. The maximum absolute atomic E-state index is 5.75. The Labute approximate surface area is 119 Å². The Hall–Kier alpha value is -2.37. The molecular formula is C14H20N6. The summed E-state index contributed by atoms with van der Waals surface area (Å²) in [5, 5.41) is 3.18. The first-order chi connectivity index (χ1) is 9.72. The molecule has 106 valence electrons. The maximum Gasteiger partial charge on any atom is 0.231 e. The highest BCUT2D eigenvalue weighted by Crippen LogP contribution is 2.12. The number of hydrogen-bond acceptors (Lipinski definition) is 6. The molecule has 0 aliphatic rings. The Bertz CT molecular complexity index is 539. The third-order valence-corrected chi connectivity index (χ3v) is 2.98. The van der Waals surface area contributed by atoms with E-state index in [9.17, 15) is 0 Å². The van der Waals surface area contributed by atoms with Gasteiger partial charge in [0.15, 0.2) is 0 Å². The highest BCUT2D eigenvalue weighted by molar-refractivity contribution is 5.42. The molecule has 0 atom stereocenters. The van der Waals surface area contributed by atoms with Crippen molar-refractivity contribution in [2.45, 2.75) is 20.4 Å². The van der Waals surface area contributed by atoms with Gasteiger partial charge in [-0.25, -0.2) is 0 Å². The molecule has 6 heteroatoms. The van der Waals surface area contributed by atoms with E-state index in [0.29, 0.717) is 18.4 Å². The van der Waals surface area contributed by atoms with E-state index < -0.39 is 0 Å². The van der Waals surface area contributed by atoms with Gasteiger partial charge in [-0.1, -0.05) is 30.3 Å². The maximum atomic E-state index is 5.75. The smallest absolute Gasteiger partial charge is 0.231 e. The predicted octanol–water partition coefficient (Wildman–Crippen LogP) is 1.91. The third kappa shape index (κ3) is 3.57. The van der Waals surface area contributed by atoms with Crippen LogP contribution in [0.1, 0.15) is 19.4 Å². The van der Waals surface area contributed by atoms with E-state index in [-0.39, 0.29) is 5.95 Å². The van der Waals surface area contributed by atoms with Gasteiger partial charge in [0.2, 0.25) is 17.8 Å². The fraction of sp³-hybridized carbons (Fsp3) is 0.357. The summed E-state index contributed by atoms with van der Waals surface area (Å²) in [6, 6.07) is 10.1. The van der Waals surface area contributed by atoms with Gasteiger partial charge < -0.3 is 16.0 Å². The van der Waals surface area contributed by atoms with Gasteiger partial charge in [-0.3, -0.25) is 0 Å². The van der Waals surface area contributed by atoms with E-state index in [1.54, 1.807) is 0 Å². The van der Waals surface area contributed by atoms with E-state index in [0.717, 1.165) is 18.7 Å². The summed E-state index contributed by atoms with van der Waals surface area (Å²) in [7, 11) is 0. The molecule has 0 radical (unpaired) electrons. The second kappa shape index (κ2) is 6.70. The van der Waals surface area contributed by atoms with Gasteiger partial charge in [0.05, 0.1) is 0 Å². The number of nitrogen functional groups attached to an aromatic ring is 1. The molecular weight excluding hydrogens is 252 g/mol. The fourth-order valence-corrected chi connectivity index (χ4v) is 1.88. The first kappa shape index (κ1) is 14.0. The lowest BCUT2D eigenvalue weighted by Crippen LogP contribution is -2.25. The Morgan fingerprint density at radius 2 is 1.75 bits per heavy atom. The average molecular weight is 272 g/mol. The summed E-state index contributed by atoms with van der Waals surface area (Å²) >= 11 is 0. The van der Waals surface area contributed by atoms with Crippen molar-refractivity contribution in [3.63, 3.8) is 0 Å². The first-order valence-electron chi connectivity index (χ1n) is 6.77. The summed E-state index contributed by atoms with van der Waals surface area (Å²) in [4.78, 5) is 14.7. The number of hydrogen-bond donors (Lipinski definition) is 2. The van der Waals surface area contributed by atoms with Crippen molar-refractivity contribution >= 4 is 17.8 Å². The van der Waals surface area contributed by atoms with Crippen LogP contribution in [-0.4, -0.2) is 28.0 Å². The van der Waals surface area contributed by atoms with Crippen LogP contribution in [0.2, 0.25) is 0 Å². The molecule has 3 N–H and O–H groups in total. The summed E-state index contributed by atoms with van der Waals surface area (Å²) in [5.41, 5.74) is 6.91. The Balaban J connectivity index is 2.12. The lowest BCUT2D eigenvalue weighted by Gasteiger charge is -2.19. The summed E-state index contributed by atoms with van der Waals surface area (Å²) in [5.74, 6) is 1.35. The molecule has 0 aliphatic heterocycles. The Morgan fingerprint density at radius 1 is 1.05 bits per heavy atom. The van der Waals surface area contributed by atoms with Gasteiger partial charge in [-0.2, -0.15) is 15.0 Å². The number of rotatable bonds is 6. The van der Waals surface area contributed by atoms with Crippen LogP contribution >= 0.6 is 0 Å². The van der Waals surface area contributed by atoms with Crippen molar-refractivity contribution in [3.8, 4) is 0 Å². The molecule has 0 spiro atoms. The van der Waals surface area contributed by atoms with Crippen LogP contribution in [0, 0.1) is 0 Å². The second-order valence-electron chi connectivity index (χ2n) is 4.33. The van der Waals surface area contributed by atoms with Gasteiger partial charge in [0, 0.05) is 19.6 Å². The van der Waals surface area contributed by atoms with Gasteiger partial charge in [0.1, 0.15) is 0 Å². The largest absolute Gasteiger partial charge is 0.368 e. The number of nitrogens with one attached hydrogen (secondary N) is 1. The van der Waals surface area contributed by atoms with Crippen LogP contribution in [0.4, 0.5) is 17.8 Å². The molecule has 2 aromatic rings. The number of anilines is 3. The summed E-state index contributed by atoms with van der Waals surface area (Å²) < 4.78 is 0. The van der Waals surface area contributed by atoms with E-state index in [1.165, 1.54) is 0 Å². The molecule has 0 fully saturated rings. The van der Waals surface area contributed by atoms with Crippen molar-refractivity contribution < 1.29 is 0 Å². The molecule has 1 aromatic carbocycles. The molecule has 6 nitrogen and oxygen atoms in total. The minimum absolute atomic E-state index is 0.234. The Kier molecular flexibility index (Phi) is 4.70. The van der Waals surface area contributed by atoms with Crippen LogP contribution in [0.15, 0.2) is 30.3 Å². The number of benzene rings is 1. The first-order valence-corrected chi connectivity index (χ1v) is 6.77. The van der Waals surface area contributed by atoms with Crippen LogP contribution in [0.3, 0.4) is 0 Å². The van der Waals surface area contributed by atoms with E-state index in [4.69, 9.17) is 5.73 Å². The van der Waals surface area contributed by atoms with Crippen molar-refractivity contribution in [3.05, 3.63) is 35.9 Å². The summed E-state index contributed by atoms with van der Waals surface area (Å²) in [6.45, 7) is 6.43. The monoisotopic (exact) mass is 272 g/mol. The molecule has 1 aromatic heterocycles. The Morgan fingerprint density at radius 3 is 2.40 bits per heavy atom. The van der Waals surface area contributed by atoms with Crippen LogP contribution < -0.4 is 16.0 Å². The molecule has 0 bridgehead atoms. The van der Waals surface area contributed by atoms with Crippen LogP contribution in [0.25, 0.3) is 0 Å². The molecule has 1 heterocycles. The SMILES string of the molecule is CCN(CC)c1nc(N)nc(NCc2ccccc2)n1. The number of nitrogens with two attached hydrogens (primary N) is 1. The van der Waals surface area contributed by atoms with E-state index >= 15 is 0 Å². The zero-order chi connectivity index (χ0) is 14.4. The lowest BCUT2D eigenvalue weighted by atomic mass is 10.2. The molecule has 0 amide bonds. The van der Waals surface area contributed by atoms with Gasteiger partial charge in [-0.15, -0.1) is 0 Å². The zero-order valence-electron chi connectivity index (χ0n) is 11.9. The van der Waals surface area contributed by atoms with Crippen molar-refractivity contribution in [2.24, 2.45) is 0 Å². The van der Waals surface area contributed by atoms with Gasteiger partial charge in [0.25, 0.3) is 0 Å². The van der Waals surface area contributed by atoms with E-state index in [1.807, 2.05) is 35.2 Å². The standard InChI is InChI=1S/C14H20N6/c1-3-20(4-2)14-18-12(15)17-13(19-14)16-10-11-8-6-5-7-9-11/h5-9H,3-4,10H2,1-2H3,(H3,15,16,17,18,19). The van der Waals surface area contributed by atoms with Crippen LogP contribution in [-0.2, 0) is 6.54 Å². The topological polar surface area (TPSA) is 80.0 Å². The second-order valence-corrected chi connectivity index (χ2v) is 4.33. The van der Waals surface area contributed by atoms with Gasteiger partial charge >= 0.3 is 0 Å². The average Bonchev–Trinajstić information content (AvgIpc) is 2.47. The quantitative estimate of drug-likeness (QED) is 0.836. The molecule has 0 unspecified atom stereocenters. The fourth-order valence-electron chi connectivity index (χ4n) is 1.88. The molecule has 0 saturated heterocycles. The highest BCUT2D eigenvalue weighted by Gasteiger charge is 2.09. The lowest BCUT2D eigenvalue weighted by molar-refractivity contribution is 0.814. The minimum atomic E-state index is 0.234. The zero-order valence-corrected chi connectivity index (χ0v) is 11.9. The number of nitrogens with zero attached hydrogens (tertiary/aromatic N) is 4. The normalized spacial score (nSPS) is 10.3. The molecule has 2 rings (SSSR count). The van der Waals surface area contributed by atoms with Gasteiger partial charge in [-0.05, 0) is 19.4 Å². The van der Waals surface area contributed by atoms with Crippen molar-refractivity contribution in [1.82, 2.24) is 15.0 Å². The number of aromatic nitrogens is 3.